The van der Waals surface area contributed by atoms with Gasteiger partial charge in [-0.15, -0.1) is 0 Å². The molecule has 0 aliphatic rings. The van der Waals surface area contributed by atoms with Crippen molar-refractivity contribution < 1.29 is 8.42 Å². The number of nitrogens with zero attached hydrogens (tertiary/aromatic N) is 1. The summed E-state index contributed by atoms with van der Waals surface area (Å²) >= 11 is 5.92. The van der Waals surface area contributed by atoms with E-state index < -0.39 is 10.0 Å². The molecular weight excluding hydrogens is 310 g/mol. The van der Waals surface area contributed by atoms with Crippen LogP contribution in [-0.4, -0.2) is 20.4 Å². The molecule has 0 saturated heterocycles. The Labute approximate surface area is 129 Å². The Balaban J connectivity index is 2.36. The van der Waals surface area contributed by atoms with Gasteiger partial charge in [-0.1, -0.05) is 17.7 Å². The fraction of sp³-hybridized carbons (Fsp3) is 0.214. The fourth-order valence-corrected chi connectivity index (χ4v) is 3.15. The maximum atomic E-state index is 12.4. The van der Waals surface area contributed by atoms with E-state index in [1.807, 2.05) is 14.0 Å². The van der Waals surface area contributed by atoms with Crippen molar-refractivity contribution in [3.05, 3.63) is 52.7 Å². The second kappa shape index (κ2) is 6.43. The number of pyridine rings is 1. The highest BCUT2D eigenvalue weighted by Crippen LogP contribution is 2.22. The van der Waals surface area contributed by atoms with Gasteiger partial charge in [-0.05, 0) is 49.4 Å². The lowest BCUT2D eigenvalue weighted by molar-refractivity contribution is 0.600. The molecule has 5 nitrogen and oxygen atoms in total. The first-order chi connectivity index (χ1) is 9.94. The van der Waals surface area contributed by atoms with Gasteiger partial charge in [0, 0.05) is 12.7 Å². The van der Waals surface area contributed by atoms with E-state index in [9.17, 15) is 8.42 Å². The van der Waals surface area contributed by atoms with Gasteiger partial charge in [0.25, 0.3) is 10.0 Å². The van der Waals surface area contributed by atoms with Crippen LogP contribution in [-0.2, 0) is 16.6 Å². The van der Waals surface area contributed by atoms with Crippen molar-refractivity contribution in [1.82, 2.24) is 10.3 Å². The Morgan fingerprint density at radius 2 is 2.05 bits per heavy atom. The minimum Gasteiger partial charge on any atom is -0.316 e. The van der Waals surface area contributed by atoms with E-state index in [0.717, 1.165) is 11.1 Å². The van der Waals surface area contributed by atoms with E-state index in [0.29, 0.717) is 6.54 Å². The summed E-state index contributed by atoms with van der Waals surface area (Å²) in [6.07, 6.45) is 1.48. The lowest BCUT2D eigenvalue weighted by Crippen LogP contribution is -2.15. The van der Waals surface area contributed by atoms with Crippen LogP contribution in [0.1, 0.15) is 11.1 Å². The molecule has 1 aromatic heterocycles. The summed E-state index contributed by atoms with van der Waals surface area (Å²) in [5.74, 6) is 0.120. The highest BCUT2D eigenvalue weighted by molar-refractivity contribution is 7.92. The molecule has 112 valence electrons. The van der Waals surface area contributed by atoms with Gasteiger partial charge >= 0.3 is 0 Å². The average molecular weight is 326 g/mol. The van der Waals surface area contributed by atoms with Crippen molar-refractivity contribution in [3.63, 3.8) is 0 Å². The number of benzene rings is 1. The zero-order chi connectivity index (χ0) is 15.5. The molecule has 0 radical (unpaired) electrons. The molecular formula is C14H16ClN3O2S. The summed E-state index contributed by atoms with van der Waals surface area (Å²) in [7, 11) is -1.91. The van der Waals surface area contributed by atoms with Crippen molar-refractivity contribution in [2.45, 2.75) is 18.4 Å². The van der Waals surface area contributed by atoms with Crippen LogP contribution in [0.4, 0.5) is 5.82 Å². The van der Waals surface area contributed by atoms with Crippen LogP contribution < -0.4 is 10.0 Å². The molecule has 0 spiro atoms. The molecule has 0 bridgehead atoms. The predicted molar refractivity (Wildman–Crippen MR) is 84.0 cm³/mol. The molecule has 2 N–H and O–H groups in total. The van der Waals surface area contributed by atoms with Crippen LogP contribution in [0.2, 0.25) is 5.02 Å². The number of hydrogen-bond acceptors (Lipinski definition) is 4. The van der Waals surface area contributed by atoms with Gasteiger partial charge in [-0.2, -0.15) is 0 Å². The lowest BCUT2D eigenvalue weighted by Gasteiger charge is -2.11. The van der Waals surface area contributed by atoms with Gasteiger partial charge in [0.1, 0.15) is 0 Å². The van der Waals surface area contributed by atoms with E-state index in [1.54, 1.807) is 30.3 Å². The van der Waals surface area contributed by atoms with Gasteiger partial charge in [-0.3, -0.25) is 4.72 Å². The summed E-state index contributed by atoms with van der Waals surface area (Å²) in [6.45, 7) is 2.53. The number of anilines is 1. The third-order valence-corrected chi connectivity index (χ3v) is 4.63. The second-order valence-electron chi connectivity index (χ2n) is 4.56. The first-order valence-electron chi connectivity index (χ1n) is 6.31. The van der Waals surface area contributed by atoms with Crippen LogP contribution in [0.25, 0.3) is 0 Å². The van der Waals surface area contributed by atoms with Crippen LogP contribution in [0.3, 0.4) is 0 Å². The molecule has 0 fully saturated rings. The number of hydrogen-bond donors (Lipinski definition) is 2. The first kappa shape index (κ1) is 15.8. The maximum Gasteiger partial charge on any atom is 0.263 e. The molecule has 0 atom stereocenters. The molecule has 0 unspecified atom stereocenters. The van der Waals surface area contributed by atoms with E-state index >= 15 is 0 Å². The largest absolute Gasteiger partial charge is 0.316 e. The van der Waals surface area contributed by atoms with Gasteiger partial charge in [0.15, 0.2) is 5.82 Å². The van der Waals surface area contributed by atoms with Crippen LogP contribution >= 0.6 is 11.6 Å². The standard InChI is InChI=1S/C14H16ClN3O2S/c1-10-5-6-12(8-11(10)9-16-2)21(19,20)18-14-13(15)4-3-7-17-14/h3-8,16H,9H2,1-2H3,(H,17,18). The van der Waals surface area contributed by atoms with Crippen LogP contribution in [0.15, 0.2) is 41.4 Å². The van der Waals surface area contributed by atoms with E-state index in [4.69, 9.17) is 11.6 Å². The lowest BCUT2D eigenvalue weighted by atomic mass is 10.1. The SMILES string of the molecule is CNCc1cc(S(=O)(=O)Nc2ncccc2Cl)ccc1C. The van der Waals surface area contributed by atoms with Gasteiger partial charge in [0.2, 0.25) is 0 Å². The topological polar surface area (TPSA) is 71.1 Å². The molecule has 1 heterocycles. The Kier molecular flexibility index (Phi) is 4.82. The maximum absolute atomic E-state index is 12.4. The smallest absolute Gasteiger partial charge is 0.263 e. The van der Waals surface area contributed by atoms with Gasteiger partial charge in [-0.25, -0.2) is 13.4 Å². The summed E-state index contributed by atoms with van der Waals surface area (Å²) in [5, 5.41) is 3.27. The molecule has 7 heteroatoms. The number of rotatable bonds is 5. The van der Waals surface area contributed by atoms with Crippen molar-refractivity contribution >= 4 is 27.4 Å². The average Bonchev–Trinajstić information content (AvgIpc) is 2.44. The number of aromatic nitrogens is 1. The van der Waals surface area contributed by atoms with Crippen LogP contribution in [0.5, 0.6) is 0 Å². The Hall–Kier alpha value is -1.63. The molecule has 2 rings (SSSR count). The second-order valence-corrected chi connectivity index (χ2v) is 6.65. The number of halogens is 1. The third kappa shape index (κ3) is 3.72. The fourth-order valence-electron chi connectivity index (χ4n) is 1.84. The Morgan fingerprint density at radius 1 is 1.29 bits per heavy atom. The number of aryl methyl sites for hydroxylation is 1. The van der Waals surface area contributed by atoms with Crippen molar-refractivity contribution in [2.24, 2.45) is 0 Å². The van der Waals surface area contributed by atoms with Crippen molar-refractivity contribution in [2.75, 3.05) is 11.8 Å². The minimum atomic E-state index is -3.72. The molecule has 1 aromatic carbocycles. The third-order valence-electron chi connectivity index (χ3n) is 2.99. The van der Waals surface area contributed by atoms with Gasteiger partial charge < -0.3 is 5.32 Å². The number of nitrogens with one attached hydrogen (secondary N) is 2. The number of sulfonamides is 1. The molecule has 0 aliphatic carbocycles. The predicted octanol–water partition coefficient (Wildman–Crippen LogP) is 2.56. The zero-order valence-corrected chi connectivity index (χ0v) is 13.3. The van der Waals surface area contributed by atoms with E-state index in [-0.39, 0.29) is 15.7 Å². The molecule has 21 heavy (non-hydrogen) atoms. The summed E-state index contributed by atoms with van der Waals surface area (Å²) in [4.78, 5) is 4.11. The van der Waals surface area contributed by atoms with E-state index in [2.05, 4.69) is 15.0 Å². The molecule has 2 aromatic rings. The zero-order valence-electron chi connectivity index (χ0n) is 11.7. The summed E-state index contributed by atoms with van der Waals surface area (Å²) < 4.78 is 27.2. The Bertz CT molecular complexity index is 748. The van der Waals surface area contributed by atoms with Gasteiger partial charge in [0.05, 0.1) is 9.92 Å². The Morgan fingerprint density at radius 3 is 2.71 bits per heavy atom. The highest BCUT2D eigenvalue weighted by atomic mass is 35.5. The molecule has 0 amide bonds. The van der Waals surface area contributed by atoms with E-state index in [1.165, 1.54) is 6.20 Å². The van der Waals surface area contributed by atoms with Crippen molar-refractivity contribution in [3.8, 4) is 0 Å². The quantitative estimate of drug-likeness (QED) is 0.886. The molecule has 0 saturated carbocycles. The van der Waals surface area contributed by atoms with Crippen LogP contribution in [0, 0.1) is 6.92 Å². The minimum absolute atomic E-state index is 0.120. The summed E-state index contributed by atoms with van der Waals surface area (Å²) in [5.41, 5.74) is 1.95. The first-order valence-corrected chi connectivity index (χ1v) is 8.17. The molecule has 0 aliphatic heterocycles. The monoisotopic (exact) mass is 325 g/mol. The normalized spacial score (nSPS) is 11.4. The highest BCUT2D eigenvalue weighted by Gasteiger charge is 2.17. The summed E-state index contributed by atoms with van der Waals surface area (Å²) in [6, 6.07) is 8.20. The van der Waals surface area contributed by atoms with Crippen molar-refractivity contribution in [1.29, 1.82) is 0 Å².